The predicted molar refractivity (Wildman–Crippen MR) is 115 cm³/mol. The fourth-order valence-corrected chi connectivity index (χ4v) is 5.20. The zero-order chi connectivity index (χ0) is 20.1. The lowest BCUT2D eigenvalue weighted by molar-refractivity contribution is -0.125. The highest BCUT2D eigenvalue weighted by Crippen LogP contribution is 2.34. The molecule has 0 bridgehead atoms. The van der Waals surface area contributed by atoms with Gasteiger partial charge in [-0.1, -0.05) is 12.1 Å². The average molecular weight is 399 g/mol. The summed E-state index contributed by atoms with van der Waals surface area (Å²) in [5.74, 6) is 1.48. The smallest absolute Gasteiger partial charge is 0.246 e. The molecular formula is C24H34N2O3. The Balaban J connectivity index is 1.17. The molecule has 1 saturated carbocycles. The Kier molecular flexibility index (Phi) is 6.88. The van der Waals surface area contributed by atoms with E-state index in [2.05, 4.69) is 34.5 Å². The van der Waals surface area contributed by atoms with Gasteiger partial charge in [-0.25, -0.2) is 0 Å². The Morgan fingerprint density at radius 1 is 1.14 bits per heavy atom. The van der Waals surface area contributed by atoms with E-state index in [9.17, 15) is 4.79 Å². The molecule has 1 aliphatic heterocycles. The number of benzene rings is 1. The first-order valence-electron chi connectivity index (χ1n) is 11.2. The van der Waals surface area contributed by atoms with Gasteiger partial charge in [0, 0.05) is 18.5 Å². The van der Waals surface area contributed by atoms with Gasteiger partial charge in [-0.3, -0.25) is 4.79 Å². The number of rotatable bonds is 7. The Labute approximate surface area is 173 Å². The molecule has 1 amide bonds. The molecule has 29 heavy (non-hydrogen) atoms. The van der Waals surface area contributed by atoms with Crippen LogP contribution in [0.2, 0.25) is 0 Å². The minimum atomic E-state index is 0.0185. The highest BCUT2D eigenvalue weighted by atomic mass is 16.5. The number of likely N-dealkylation sites (tertiary alicyclic amines) is 1. The van der Waals surface area contributed by atoms with Crippen LogP contribution in [0.1, 0.15) is 56.4 Å². The largest absolute Gasteiger partial charge is 0.464 e. The van der Waals surface area contributed by atoms with Crippen molar-refractivity contribution in [3.63, 3.8) is 0 Å². The molecule has 0 radical (unpaired) electrons. The number of carbonyl (C=O) groups excluding carboxylic acids is 1. The number of nitrogens with zero attached hydrogens (tertiary/aromatic N) is 1. The zero-order valence-corrected chi connectivity index (χ0v) is 17.6. The van der Waals surface area contributed by atoms with Crippen molar-refractivity contribution in [3.8, 4) is 0 Å². The lowest BCUT2D eigenvalue weighted by Crippen LogP contribution is -2.40. The van der Waals surface area contributed by atoms with Crippen LogP contribution in [-0.4, -0.2) is 50.2 Å². The Morgan fingerprint density at radius 3 is 2.69 bits per heavy atom. The molecular weight excluding hydrogens is 364 g/mol. The monoisotopic (exact) mass is 398 g/mol. The minimum absolute atomic E-state index is 0.0185. The van der Waals surface area contributed by atoms with Crippen LogP contribution in [0.3, 0.4) is 0 Å². The molecule has 2 aliphatic rings. The summed E-state index contributed by atoms with van der Waals surface area (Å²) in [6, 6.07) is 8.93. The highest BCUT2D eigenvalue weighted by Gasteiger charge is 2.25. The quantitative estimate of drug-likeness (QED) is 0.754. The second kappa shape index (κ2) is 9.77. The van der Waals surface area contributed by atoms with Crippen LogP contribution >= 0.6 is 0 Å². The van der Waals surface area contributed by atoms with Crippen LogP contribution in [0.4, 0.5) is 0 Å². The maximum atomic E-state index is 11.7. The fraction of sp³-hybridized carbons (Fsp3) is 0.625. The van der Waals surface area contributed by atoms with Gasteiger partial charge in [-0.05, 0) is 94.1 Å². The van der Waals surface area contributed by atoms with Gasteiger partial charge in [-0.15, -0.1) is 0 Å². The number of hydrogen-bond acceptors (Lipinski definition) is 4. The topological polar surface area (TPSA) is 54.7 Å². The summed E-state index contributed by atoms with van der Waals surface area (Å²) < 4.78 is 10.5. The van der Waals surface area contributed by atoms with E-state index >= 15 is 0 Å². The first kappa shape index (κ1) is 20.4. The summed E-state index contributed by atoms with van der Waals surface area (Å²) in [5, 5.41) is 4.39. The van der Waals surface area contributed by atoms with Gasteiger partial charge < -0.3 is 19.4 Å². The van der Waals surface area contributed by atoms with Crippen molar-refractivity contribution in [2.24, 2.45) is 5.92 Å². The van der Waals surface area contributed by atoms with E-state index in [0.29, 0.717) is 12.0 Å². The molecule has 1 aliphatic carbocycles. The number of furan rings is 1. The summed E-state index contributed by atoms with van der Waals surface area (Å²) in [6.45, 7) is 3.78. The molecule has 1 aromatic carbocycles. The molecule has 0 unspecified atom stereocenters. The van der Waals surface area contributed by atoms with E-state index < -0.39 is 0 Å². The second-order valence-electron chi connectivity index (χ2n) is 8.80. The molecule has 0 atom stereocenters. The van der Waals surface area contributed by atoms with E-state index in [4.69, 9.17) is 9.15 Å². The van der Waals surface area contributed by atoms with E-state index in [-0.39, 0.29) is 12.5 Å². The first-order chi connectivity index (χ1) is 14.2. The van der Waals surface area contributed by atoms with Crippen molar-refractivity contribution in [3.05, 3.63) is 36.1 Å². The zero-order valence-electron chi connectivity index (χ0n) is 17.6. The van der Waals surface area contributed by atoms with Crippen LogP contribution in [-0.2, 0) is 9.53 Å². The Hall–Kier alpha value is -1.85. The molecule has 4 rings (SSSR count). The van der Waals surface area contributed by atoms with Crippen molar-refractivity contribution >= 4 is 16.9 Å². The molecule has 1 N–H and O–H groups in total. The first-order valence-corrected chi connectivity index (χ1v) is 11.2. The SMILES string of the molecule is COCC(=O)NC1CCC(CCN2CCC(c3cccc4occc34)CC2)CC1. The molecule has 5 nitrogen and oxygen atoms in total. The standard InChI is InChI=1S/C24H34N2O3/c1-28-17-24(27)25-20-7-5-18(6-8-20)9-13-26-14-10-19(11-15-26)21-3-2-4-23-22(21)12-16-29-23/h2-4,12,16,18-20H,5-11,13-15,17H2,1H3,(H,25,27). The highest BCUT2D eigenvalue weighted by molar-refractivity contribution is 5.81. The minimum Gasteiger partial charge on any atom is -0.464 e. The molecule has 2 fully saturated rings. The summed E-state index contributed by atoms with van der Waals surface area (Å²) in [7, 11) is 1.57. The number of methoxy groups -OCH3 is 1. The number of piperidine rings is 1. The third-order valence-corrected chi connectivity index (χ3v) is 6.90. The van der Waals surface area contributed by atoms with Gasteiger partial charge in [0.15, 0.2) is 0 Å². The number of carbonyl (C=O) groups is 1. The molecule has 2 aromatic rings. The van der Waals surface area contributed by atoms with Gasteiger partial charge >= 0.3 is 0 Å². The van der Waals surface area contributed by atoms with Crippen molar-refractivity contribution in [2.75, 3.05) is 33.4 Å². The van der Waals surface area contributed by atoms with Gasteiger partial charge in [0.05, 0.1) is 6.26 Å². The average Bonchev–Trinajstić information content (AvgIpc) is 3.23. The van der Waals surface area contributed by atoms with Gasteiger partial charge in [0.25, 0.3) is 0 Å². The van der Waals surface area contributed by atoms with E-state index in [1.807, 2.05) is 0 Å². The molecule has 158 valence electrons. The fourth-order valence-electron chi connectivity index (χ4n) is 5.20. The number of fused-ring (bicyclic) bond motifs is 1. The van der Waals surface area contributed by atoms with Gasteiger partial charge in [-0.2, -0.15) is 0 Å². The van der Waals surface area contributed by atoms with Crippen molar-refractivity contribution in [2.45, 2.75) is 56.9 Å². The van der Waals surface area contributed by atoms with Crippen molar-refractivity contribution in [1.82, 2.24) is 10.2 Å². The van der Waals surface area contributed by atoms with Crippen molar-refractivity contribution in [1.29, 1.82) is 0 Å². The second-order valence-corrected chi connectivity index (χ2v) is 8.80. The van der Waals surface area contributed by atoms with Gasteiger partial charge in [0.1, 0.15) is 12.2 Å². The van der Waals surface area contributed by atoms with Crippen LogP contribution in [0.25, 0.3) is 11.0 Å². The third-order valence-electron chi connectivity index (χ3n) is 6.90. The number of amides is 1. The number of ether oxygens (including phenoxy) is 1. The van der Waals surface area contributed by atoms with Crippen molar-refractivity contribution < 1.29 is 13.9 Å². The third kappa shape index (κ3) is 5.20. The maximum absolute atomic E-state index is 11.7. The predicted octanol–water partition coefficient (Wildman–Crippen LogP) is 4.32. The molecule has 0 spiro atoms. The molecule has 5 heteroatoms. The lowest BCUT2D eigenvalue weighted by Gasteiger charge is -2.34. The summed E-state index contributed by atoms with van der Waals surface area (Å²) >= 11 is 0. The van der Waals surface area contributed by atoms with E-state index in [0.717, 1.165) is 24.3 Å². The van der Waals surface area contributed by atoms with Crippen LogP contribution in [0, 0.1) is 5.92 Å². The van der Waals surface area contributed by atoms with Crippen LogP contribution in [0.5, 0.6) is 0 Å². The Morgan fingerprint density at radius 2 is 1.93 bits per heavy atom. The number of nitrogens with one attached hydrogen (secondary N) is 1. The molecule has 2 heterocycles. The number of hydrogen-bond donors (Lipinski definition) is 1. The summed E-state index contributed by atoms with van der Waals surface area (Å²) in [4.78, 5) is 14.3. The Bertz CT molecular complexity index is 786. The van der Waals surface area contributed by atoms with E-state index in [1.54, 1.807) is 13.4 Å². The van der Waals surface area contributed by atoms with Crippen LogP contribution < -0.4 is 5.32 Å². The lowest BCUT2D eigenvalue weighted by atomic mass is 9.83. The van der Waals surface area contributed by atoms with Crippen LogP contribution in [0.15, 0.2) is 34.9 Å². The maximum Gasteiger partial charge on any atom is 0.246 e. The van der Waals surface area contributed by atoms with E-state index in [1.165, 1.54) is 62.7 Å². The normalized spacial score (nSPS) is 24.0. The summed E-state index contributed by atoms with van der Waals surface area (Å²) in [5.41, 5.74) is 2.48. The van der Waals surface area contributed by atoms with Gasteiger partial charge in [0.2, 0.25) is 5.91 Å². The molecule has 1 saturated heterocycles. The summed E-state index contributed by atoms with van der Waals surface area (Å²) in [6.07, 6.45) is 10.3. The molecule has 1 aromatic heterocycles.